The fourth-order valence-corrected chi connectivity index (χ4v) is 4.36. The first-order valence-electron chi connectivity index (χ1n) is 11.2. The molecule has 1 aliphatic heterocycles. The van der Waals surface area contributed by atoms with E-state index in [4.69, 9.17) is 5.73 Å². The van der Waals surface area contributed by atoms with E-state index in [-0.39, 0.29) is 47.2 Å². The Hall–Kier alpha value is -4.29. The SMILES string of the molecule is CC(C)c1nc(-c2ccc3c(c2F)CCN3C(=O)Nc2cc(C(F)(F)F)ccc2F)c2c(N)ncnn12. The van der Waals surface area contributed by atoms with Crippen LogP contribution in [-0.4, -0.2) is 32.2 Å². The molecule has 0 saturated heterocycles. The topological polar surface area (TPSA) is 101 Å². The van der Waals surface area contributed by atoms with Gasteiger partial charge in [-0.3, -0.25) is 4.90 Å². The highest BCUT2D eigenvalue weighted by molar-refractivity contribution is 6.03. The fraction of sp³-hybridized carbons (Fsp3) is 0.250. The number of carbonyl (C=O) groups excluding carboxylic acids is 1. The third kappa shape index (κ3) is 4.09. The number of halogens is 5. The predicted octanol–water partition coefficient (Wildman–Crippen LogP) is 5.39. The predicted molar refractivity (Wildman–Crippen MR) is 126 cm³/mol. The number of anilines is 3. The molecule has 37 heavy (non-hydrogen) atoms. The number of hydrogen-bond donors (Lipinski definition) is 2. The Morgan fingerprint density at radius 3 is 2.62 bits per heavy atom. The second-order valence-electron chi connectivity index (χ2n) is 8.83. The number of imidazole rings is 1. The number of aromatic nitrogens is 4. The number of benzene rings is 2. The molecule has 8 nitrogen and oxygen atoms in total. The van der Waals surface area contributed by atoms with Crippen molar-refractivity contribution in [1.29, 1.82) is 0 Å². The van der Waals surface area contributed by atoms with Crippen molar-refractivity contribution in [3.63, 3.8) is 0 Å². The molecule has 0 radical (unpaired) electrons. The number of fused-ring (bicyclic) bond motifs is 2. The first-order valence-corrected chi connectivity index (χ1v) is 11.2. The molecule has 2 aromatic heterocycles. The van der Waals surface area contributed by atoms with E-state index < -0.39 is 35.1 Å². The molecule has 2 aromatic carbocycles. The molecule has 3 heterocycles. The van der Waals surface area contributed by atoms with E-state index in [0.717, 1.165) is 4.90 Å². The fourth-order valence-electron chi connectivity index (χ4n) is 4.36. The summed E-state index contributed by atoms with van der Waals surface area (Å²) in [6, 6.07) is 3.76. The Morgan fingerprint density at radius 2 is 1.92 bits per heavy atom. The lowest BCUT2D eigenvalue weighted by molar-refractivity contribution is -0.137. The van der Waals surface area contributed by atoms with E-state index in [0.29, 0.717) is 29.5 Å². The van der Waals surface area contributed by atoms with Gasteiger partial charge in [0.15, 0.2) is 5.82 Å². The first-order chi connectivity index (χ1) is 17.5. The number of carbonyl (C=O) groups is 1. The summed E-state index contributed by atoms with van der Waals surface area (Å²) in [6.45, 7) is 3.84. The van der Waals surface area contributed by atoms with Gasteiger partial charge in [0.1, 0.15) is 35.0 Å². The maximum absolute atomic E-state index is 15.8. The van der Waals surface area contributed by atoms with Crippen molar-refractivity contribution in [3.05, 3.63) is 65.2 Å². The van der Waals surface area contributed by atoms with E-state index in [9.17, 15) is 22.4 Å². The third-order valence-electron chi connectivity index (χ3n) is 6.13. The lowest BCUT2D eigenvalue weighted by atomic mass is 10.0. The van der Waals surface area contributed by atoms with E-state index in [2.05, 4.69) is 20.4 Å². The van der Waals surface area contributed by atoms with Gasteiger partial charge in [-0.25, -0.2) is 28.1 Å². The lowest BCUT2D eigenvalue weighted by Crippen LogP contribution is -2.33. The Morgan fingerprint density at radius 1 is 1.16 bits per heavy atom. The van der Waals surface area contributed by atoms with E-state index in [1.807, 2.05) is 13.8 Å². The number of nitrogens with two attached hydrogens (primary N) is 1. The zero-order valence-electron chi connectivity index (χ0n) is 19.6. The van der Waals surface area contributed by atoms with Crippen LogP contribution in [0.3, 0.4) is 0 Å². The molecular formula is C24H20F5N7O. The number of amides is 2. The van der Waals surface area contributed by atoms with Gasteiger partial charge in [0.05, 0.1) is 16.9 Å². The van der Waals surface area contributed by atoms with Crippen molar-refractivity contribution in [2.24, 2.45) is 0 Å². The molecule has 2 amide bonds. The first kappa shape index (κ1) is 24.4. The summed E-state index contributed by atoms with van der Waals surface area (Å²) in [7, 11) is 0. The van der Waals surface area contributed by atoms with Crippen molar-refractivity contribution in [3.8, 4) is 11.3 Å². The Kier molecular flexibility index (Phi) is 5.72. The van der Waals surface area contributed by atoms with Gasteiger partial charge in [0, 0.05) is 23.6 Å². The van der Waals surface area contributed by atoms with Crippen LogP contribution < -0.4 is 16.0 Å². The Balaban J connectivity index is 1.50. The summed E-state index contributed by atoms with van der Waals surface area (Å²) in [5, 5.41) is 6.35. The van der Waals surface area contributed by atoms with Crippen LogP contribution >= 0.6 is 0 Å². The van der Waals surface area contributed by atoms with Crippen LogP contribution in [0.25, 0.3) is 16.8 Å². The van der Waals surface area contributed by atoms with Gasteiger partial charge in [0.2, 0.25) is 0 Å². The van der Waals surface area contributed by atoms with Gasteiger partial charge >= 0.3 is 12.2 Å². The van der Waals surface area contributed by atoms with Gasteiger partial charge in [-0.2, -0.15) is 18.3 Å². The van der Waals surface area contributed by atoms with Crippen LogP contribution in [0, 0.1) is 11.6 Å². The normalized spacial score (nSPS) is 13.5. The summed E-state index contributed by atoms with van der Waals surface area (Å²) >= 11 is 0. The zero-order chi connectivity index (χ0) is 26.6. The molecule has 0 bridgehead atoms. The van der Waals surface area contributed by atoms with Crippen LogP contribution in [0.1, 0.15) is 36.7 Å². The van der Waals surface area contributed by atoms with Gasteiger partial charge in [-0.05, 0) is 36.8 Å². The molecule has 0 saturated carbocycles. The maximum Gasteiger partial charge on any atom is 0.416 e. The van der Waals surface area contributed by atoms with Crippen molar-refractivity contribution >= 4 is 28.7 Å². The molecular weight excluding hydrogens is 497 g/mol. The number of nitrogens with zero attached hydrogens (tertiary/aromatic N) is 5. The second kappa shape index (κ2) is 8.68. The highest BCUT2D eigenvalue weighted by Gasteiger charge is 2.33. The lowest BCUT2D eigenvalue weighted by Gasteiger charge is -2.19. The molecule has 3 N–H and O–H groups in total. The van der Waals surface area contributed by atoms with Crippen LogP contribution in [0.5, 0.6) is 0 Å². The van der Waals surface area contributed by atoms with Crippen molar-refractivity contribution in [2.45, 2.75) is 32.4 Å². The molecule has 5 rings (SSSR count). The highest BCUT2D eigenvalue weighted by atomic mass is 19.4. The monoisotopic (exact) mass is 517 g/mol. The van der Waals surface area contributed by atoms with Gasteiger partial charge in [0.25, 0.3) is 0 Å². The minimum Gasteiger partial charge on any atom is -0.382 e. The van der Waals surface area contributed by atoms with Crippen LogP contribution in [-0.2, 0) is 12.6 Å². The number of alkyl halides is 3. The van der Waals surface area contributed by atoms with Crippen molar-refractivity contribution in [1.82, 2.24) is 19.6 Å². The molecule has 0 aliphatic carbocycles. The molecule has 13 heteroatoms. The second-order valence-corrected chi connectivity index (χ2v) is 8.83. The van der Waals surface area contributed by atoms with Crippen molar-refractivity contribution < 1.29 is 26.7 Å². The molecule has 4 aromatic rings. The molecule has 0 spiro atoms. The van der Waals surface area contributed by atoms with E-state index in [1.165, 1.54) is 23.0 Å². The minimum atomic E-state index is -4.71. The van der Waals surface area contributed by atoms with Crippen LogP contribution in [0.4, 0.5) is 43.9 Å². The number of rotatable bonds is 3. The van der Waals surface area contributed by atoms with Crippen LogP contribution in [0.2, 0.25) is 0 Å². The molecule has 0 unspecified atom stereocenters. The van der Waals surface area contributed by atoms with Crippen molar-refractivity contribution in [2.75, 3.05) is 22.5 Å². The summed E-state index contributed by atoms with van der Waals surface area (Å²) in [5.41, 5.74) is 5.46. The van der Waals surface area contributed by atoms with Gasteiger partial charge < -0.3 is 11.1 Å². The quantitative estimate of drug-likeness (QED) is 0.355. The van der Waals surface area contributed by atoms with Gasteiger partial charge in [-0.15, -0.1) is 0 Å². The van der Waals surface area contributed by atoms with E-state index >= 15 is 4.39 Å². The smallest absolute Gasteiger partial charge is 0.382 e. The largest absolute Gasteiger partial charge is 0.416 e. The summed E-state index contributed by atoms with van der Waals surface area (Å²) in [6.07, 6.45) is -3.31. The molecule has 0 atom stereocenters. The molecule has 0 fully saturated rings. The number of urea groups is 1. The van der Waals surface area contributed by atoms with E-state index in [1.54, 1.807) is 0 Å². The number of nitrogen functional groups attached to an aromatic ring is 1. The average molecular weight is 517 g/mol. The third-order valence-corrected chi connectivity index (χ3v) is 6.13. The maximum atomic E-state index is 15.8. The van der Waals surface area contributed by atoms with Gasteiger partial charge in [-0.1, -0.05) is 13.8 Å². The zero-order valence-corrected chi connectivity index (χ0v) is 19.6. The Bertz CT molecular complexity index is 1550. The number of hydrogen-bond acceptors (Lipinski definition) is 5. The standard InChI is InChI=1S/C24H20F5N7O/c1-11(2)22-34-19(20-21(30)31-10-32-36(20)22)14-4-6-17-13(18(14)26)7-8-35(17)23(37)33-16-9-12(24(27,28)29)3-5-15(16)25/h3-6,9-11H,7-8H2,1-2H3,(H,33,37)(H2,30,31,32). The summed E-state index contributed by atoms with van der Waals surface area (Å²) in [5.74, 6) is -1.04. The number of nitrogens with one attached hydrogen (secondary N) is 1. The summed E-state index contributed by atoms with van der Waals surface area (Å²) in [4.78, 5) is 22.6. The summed E-state index contributed by atoms with van der Waals surface area (Å²) < 4.78 is 70.5. The Labute approximate surface area is 206 Å². The highest BCUT2D eigenvalue weighted by Crippen LogP contribution is 2.39. The molecule has 192 valence electrons. The minimum absolute atomic E-state index is 0.0363. The average Bonchev–Trinajstić information content (AvgIpc) is 3.43. The van der Waals surface area contributed by atoms with Crippen LogP contribution in [0.15, 0.2) is 36.7 Å². The molecule has 1 aliphatic rings.